The molecule has 2 aromatic carbocycles. The first kappa shape index (κ1) is 22.9. The smallest absolute Gasteiger partial charge is 0.286 e. The van der Waals surface area contributed by atoms with Gasteiger partial charge in [-0.3, -0.25) is 14.4 Å². The van der Waals surface area contributed by atoms with Gasteiger partial charge in [-0.1, -0.05) is 12.1 Å². The largest absolute Gasteiger partial charge is 0.493 e. The quantitative estimate of drug-likeness (QED) is 0.614. The molecule has 9 nitrogen and oxygen atoms in total. The second-order valence-electron chi connectivity index (χ2n) is 6.18. The topological polar surface area (TPSA) is 120 Å². The number of hydrogen-bond donors (Lipinski definition) is 2. The second kappa shape index (κ2) is 10.4. The van der Waals surface area contributed by atoms with Gasteiger partial charge in [0.15, 0.2) is 18.1 Å². The SMILES string of the molecule is COc1cc(C(=O)Nc2ccccc2SC(=O)N(C)C)cc(OC)c1OCC(N)=O. The summed E-state index contributed by atoms with van der Waals surface area (Å²) in [6, 6.07) is 9.87. The summed E-state index contributed by atoms with van der Waals surface area (Å²) in [4.78, 5) is 38.0. The predicted octanol–water partition coefficient (Wildman–Crippen LogP) is 2.59. The lowest BCUT2D eigenvalue weighted by Crippen LogP contribution is -2.20. The molecule has 3 amide bonds. The molecule has 30 heavy (non-hydrogen) atoms. The van der Waals surface area contributed by atoms with Gasteiger partial charge in [0, 0.05) is 24.6 Å². The van der Waals surface area contributed by atoms with Crippen LogP contribution in [0.1, 0.15) is 10.4 Å². The number of anilines is 1. The summed E-state index contributed by atoms with van der Waals surface area (Å²) in [5, 5.41) is 2.62. The molecule has 0 saturated carbocycles. The summed E-state index contributed by atoms with van der Waals surface area (Å²) >= 11 is 1.00. The van der Waals surface area contributed by atoms with Gasteiger partial charge in [0.1, 0.15) is 0 Å². The highest BCUT2D eigenvalue weighted by molar-refractivity contribution is 8.13. The molecule has 2 aromatic rings. The number of nitrogens with zero attached hydrogens (tertiary/aromatic N) is 1. The van der Waals surface area contributed by atoms with Gasteiger partial charge >= 0.3 is 0 Å². The van der Waals surface area contributed by atoms with E-state index in [4.69, 9.17) is 19.9 Å². The molecule has 0 saturated heterocycles. The van der Waals surface area contributed by atoms with Crippen molar-refractivity contribution in [1.82, 2.24) is 4.90 Å². The fourth-order valence-electron chi connectivity index (χ4n) is 2.34. The molecule has 160 valence electrons. The number of nitrogens with two attached hydrogens (primary N) is 1. The van der Waals surface area contributed by atoms with Crippen molar-refractivity contribution in [1.29, 1.82) is 0 Å². The predicted molar refractivity (Wildman–Crippen MR) is 114 cm³/mol. The lowest BCUT2D eigenvalue weighted by molar-refractivity contribution is -0.120. The summed E-state index contributed by atoms with van der Waals surface area (Å²) in [6.07, 6.45) is 0. The molecule has 0 aliphatic heterocycles. The van der Waals surface area contributed by atoms with Crippen molar-refractivity contribution in [2.75, 3.05) is 40.2 Å². The number of hydrogen-bond acceptors (Lipinski definition) is 7. The van der Waals surface area contributed by atoms with Gasteiger partial charge in [-0.15, -0.1) is 0 Å². The Morgan fingerprint density at radius 2 is 1.67 bits per heavy atom. The molecule has 10 heteroatoms. The Morgan fingerprint density at radius 1 is 1.07 bits per heavy atom. The minimum Gasteiger partial charge on any atom is -0.493 e. The molecule has 0 aliphatic carbocycles. The maximum absolute atomic E-state index is 12.9. The van der Waals surface area contributed by atoms with Gasteiger partial charge in [-0.05, 0) is 36.0 Å². The molecule has 0 unspecified atom stereocenters. The molecule has 0 fully saturated rings. The number of carbonyl (C=O) groups excluding carboxylic acids is 3. The Kier molecular flexibility index (Phi) is 7.93. The molecule has 3 N–H and O–H groups in total. The number of methoxy groups -OCH3 is 2. The van der Waals surface area contributed by atoms with Crippen molar-refractivity contribution in [3.05, 3.63) is 42.0 Å². The minimum absolute atomic E-state index is 0.155. The van der Waals surface area contributed by atoms with Crippen LogP contribution in [0.4, 0.5) is 10.5 Å². The van der Waals surface area contributed by atoms with Crippen molar-refractivity contribution in [3.63, 3.8) is 0 Å². The fourth-order valence-corrected chi connectivity index (χ4v) is 3.08. The van der Waals surface area contributed by atoms with E-state index in [2.05, 4.69) is 5.32 Å². The summed E-state index contributed by atoms with van der Waals surface area (Å²) in [5.41, 5.74) is 5.83. The number of ether oxygens (including phenoxy) is 3. The Bertz CT molecular complexity index is 923. The van der Waals surface area contributed by atoms with E-state index in [1.54, 1.807) is 38.4 Å². The van der Waals surface area contributed by atoms with Crippen LogP contribution in [0.25, 0.3) is 0 Å². The lowest BCUT2D eigenvalue weighted by Gasteiger charge is -2.16. The van der Waals surface area contributed by atoms with E-state index >= 15 is 0 Å². The van der Waals surface area contributed by atoms with Crippen molar-refractivity contribution in [3.8, 4) is 17.2 Å². The highest BCUT2D eigenvalue weighted by atomic mass is 32.2. The van der Waals surface area contributed by atoms with Crippen LogP contribution in [0.3, 0.4) is 0 Å². The van der Waals surface area contributed by atoms with Crippen molar-refractivity contribution in [2.45, 2.75) is 4.90 Å². The average Bonchev–Trinajstić information content (AvgIpc) is 2.72. The standard InChI is InChI=1S/C20H23N3O6S/c1-23(2)20(26)30-16-8-6-5-7-13(16)22-19(25)12-9-14(27-3)18(15(10-12)28-4)29-11-17(21)24/h5-10H,11H2,1-4H3,(H2,21,24)(H,22,25). The molecule has 0 spiro atoms. The summed E-state index contributed by atoms with van der Waals surface area (Å²) in [7, 11) is 6.09. The first-order valence-corrected chi connectivity index (χ1v) is 9.55. The van der Waals surface area contributed by atoms with Gasteiger partial charge in [0.25, 0.3) is 17.1 Å². The molecular weight excluding hydrogens is 410 g/mol. The number of nitrogens with one attached hydrogen (secondary N) is 1. The highest BCUT2D eigenvalue weighted by Crippen LogP contribution is 2.39. The molecule has 0 heterocycles. The molecule has 0 aromatic heterocycles. The van der Waals surface area contributed by atoms with Crippen LogP contribution in [0.15, 0.2) is 41.3 Å². The van der Waals surface area contributed by atoms with Gasteiger partial charge in [-0.2, -0.15) is 0 Å². The molecule has 0 radical (unpaired) electrons. The normalized spacial score (nSPS) is 10.1. The van der Waals surface area contributed by atoms with Crippen molar-refractivity contribution >= 4 is 34.5 Å². The number of para-hydroxylation sites is 1. The van der Waals surface area contributed by atoms with Gasteiger partial charge in [-0.25, -0.2) is 0 Å². The summed E-state index contributed by atoms with van der Waals surface area (Å²) in [5.74, 6) is -0.555. The lowest BCUT2D eigenvalue weighted by atomic mass is 10.1. The zero-order valence-corrected chi connectivity index (χ0v) is 17.9. The molecule has 2 rings (SSSR count). The number of amides is 3. The van der Waals surface area contributed by atoms with Gasteiger partial charge in [0.05, 0.1) is 19.9 Å². The Morgan fingerprint density at radius 3 is 2.20 bits per heavy atom. The Balaban J connectivity index is 2.32. The van der Waals surface area contributed by atoms with Crippen LogP contribution in [-0.2, 0) is 4.79 Å². The zero-order chi connectivity index (χ0) is 22.3. The third kappa shape index (κ3) is 5.80. The van der Waals surface area contributed by atoms with E-state index < -0.39 is 11.8 Å². The van der Waals surface area contributed by atoms with E-state index in [0.717, 1.165) is 11.8 Å². The van der Waals surface area contributed by atoms with Crippen molar-refractivity contribution < 1.29 is 28.6 Å². The minimum atomic E-state index is -0.665. The fraction of sp³-hybridized carbons (Fsp3) is 0.250. The summed E-state index contributed by atoms with van der Waals surface area (Å²) in [6.45, 7) is -0.372. The molecule has 0 aliphatic rings. The second-order valence-corrected chi connectivity index (χ2v) is 7.17. The van der Waals surface area contributed by atoms with E-state index in [9.17, 15) is 14.4 Å². The van der Waals surface area contributed by atoms with E-state index in [1.807, 2.05) is 0 Å². The van der Waals surface area contributed by atoms with Crippen LogP contribution < -0.4 is 25.3 Å². The number of carbonyl (C=O) groups is 3. The van der Waals surface area contributed by atoms with Gasteiger partial charge in [0.2, 0.25) is 5.75 Å². The molecule has 0 bridgehead atoms. The molecular formula is C20H23N3O6S. The maximum Gasteiger partial charge on any atom is 0.286 e. The van der Waals surface area contributed by atoms with Crippen LogP contribution in [0.5, 0.6) is 17.2 Å². The highest BCUT2D eigenvalue weighted by Gasteiger charge is 2.19. The first-order valence-electron chi connectivity index (χ1n) is 8.73. The third-order valence-corrected chi connectivity index (χ3v) is 4.89. The maximum atomic E-state index is 12.9. The third-order valence-electron chi connectivity index (χ3n) is 3.78. The van der Waals surface area contributed by atoms with E-state index in [1.165, 1.54) is 31.3 Å². The van der Waals surface area contributed by atoms with Gasteiger partial charge < -0.3 is 30.2 Å². The first-order chi connectivity index (χ1) is 14.3. The van der Waals surface area contributed by atoms with Crippen LogP contribution >= 0.6 is 11.8 Å². The number of primary amides is 1. The Labute approximate surface area is 178 Å². The van der Waals surface area contributed by atoms with E-state index in [-0.39, 0.29) is 34.7 Å². The van der Waals surface area contributed by atoms with Crippen LogP contribution in [-0.4, -0.2) is 56.9 Å². The summed E-state index contributed by atoms with van der Waals surface area (Å²) < 4.78 is 15.9. The van der Waals surface area contributed by atoms with E-state index in [0.29, 0.717) is 10.6 Å². The average molecular weight is 433 g/mol. The monoisotopic (exact) mass is 433 g/mol. The number of rotatable bonds is 8. The Hall–Kier alpha value is -3.40. The van der Waals surface area contributed by atoms with Crippen LogP contribution in [0.2, 0.25) is 0 Å². The van der Waals surface area contributed by atoms with Crippen molar-refractivity contribution in [2.24, 2.45) is 5.73 Å². The molecule has 0 atom stereocenters. The van der Waals surface area contributed by atoms with Crippen LogP contribution in [0, 0.1) is 0 Å². The number of benzene rings is 2. The zero-order valence-electron chi connectivity index (χ0n) is 17.1. The number of thioether (sulfide) groups is 1.